The van der Waals surface area contributed by atoms with Gasteiger partial charge in [-0.25, -0.2) is 0 Å². The van der Waals surface area contributed by atoms with Gasteiger partial charge < -0.3 is 20.1 Å². The molecule has 1 atom stereocenters. The molecular weight excluding hydrogens is 450 g/mol. The van der Waals surface area contributed by atoms with Crippen LogP contribution >= 0.6 is 11.8 Å². The van der Waals surface area contributed by atoms with Crippen molar-refractivity contribution in [2.45, 2.75) is 12.3 Å². The molecule has 0 unspecified atom stereocenters. The first-order valence-electron chi connectivity index (χ1n) is 10.6. The van der Waals surface area contributed by atoms with E-state index in [2.05, 4.69) is 16.7 Å². The Hall–Kier alpha value is -3.96. The molecule has 3 aromatic rings. The standard InChI is InChI=1S/C26H23N3O4S/c1-32-22-11-10-17(12-23(22)33-2)19-13-24(30)29-26(20(19)14-27)34-15-25(31)28-21-9-5-7-16-6-3-4-8-18(16)21/h3-12,19H,13,15H2,1-2H3,(H,28,31)(H,29,30)/t19-/m0/s1. The van der Waals surface area contributed by atoms with Crippen molar-refractivity contribution in [3.05, 3.63) is 76.8 Å². The Labute approximate surface area is 201 Å². The smallest absolute Gasteiger partial charge is 0.234 e. The van der Waals surface area contributed by atoms with Crippen molar-refractivity contribution < 1.29 is 19.1 Å². The van der Waals surface area contributed by atoms with E-state index < -0.39 is 5.92 Å². The van der Waals surface area contributed by atoms with Crippen LogP contribution in [-0.2, 0) is 9.59 Å². The van der Waals surface area contributed by atoms with Gasteiger partial charge in [0, 0.05) is 23.4 Å². The molecule has 0 bridgehead atoms. The highest BCUT2D eigenvalue weighted by Crippen LogP contribution is 2.39. The van der Waals surface area contributed by atoms with Gasteiger partial charge in [0.15, 0.2) is 11.5 Å². The predicted octanol–water partition coefficient (Wildman–Crippen LogP) is 4.57. The number of allylic oxidation sites excluding steroid dienone is 1. The van der Waals surface area contributed by atoms with Gasteiger partial charge in [-0.1, -0.05) is 54.2 Å². The van der Waals surface area contributed by atoms with Crippen molar-refractivity contribution in [3.63, 3.8) is 0 Å². The number of nitriles is 1. The number of nitrogens with zero attached hydrogens (tertiary/aromatic N) is 1. The number of hydrogen-bond acceptors (Lipinski definition) is 6. The van der Waals surface area contributed by atoms with Crippen LogP contribution in [0.4, 0.5) is 5.69 Å². The minimum atomic E-state index is -0.442. The number of benzene rings is 3. The molecule has 0 aliphatic carbocycles. The van der Waals surface area contributed by atoms with Crippen molar-refractivity contribution in [2.75, 3.05) is 25.3 Å². The van der Waals surface area contributed by atoms with E-state index in [4.69, 9.17) is 9.47 Å². The van der Waals surface area contributed by atoms with Crippen LogP contribution in [0, 0.1) is 11.3 Å². The van der Waals surface area contributed by atoms with Gasteiger partial charge in [-0.2, -0.15) is 5.26 Å². The first-order valence-corrected chi connectivity index (χ1v) is 11.6. The molecule has 34 heavy (non-hydrogen) atoms. The lowest BCUT2D eigenvalue weighted by atomic mass is 9.87. The van der Waals surface area contributed by atoms with Crippen LogP contribution in [0.3, 0.4) is 0 Å². The molecular formula is C26H23N3O4S. The van der Waals surface area contributed by atoms with Crippen LogP contribution in [-0.4, -0.2) is 31.8 Å². The molecule has 1 heterocycles. The zero-order chi connectivity index (χ0) is 24.1. The summed E-state index contributed by atoms with van der Waals surface area (Å²) in [6, 6.07) is 21.1. The highest BCUT2D eigenvalue weighted by Gasteiger charge is 2.30. The van der Waals surface area contributed by atoms with E-state index in [0.29, 0.717) is 27.8 Å². The number of ether oxygens (including phenoxy) is 2. The number of anilines is 1. The largest absolute Gasteiger partial charge is 0.493 e. The molecule has 0 radical (unpaired) electrons. The van der Waals surface area contributed by atoms with Gasteiger partial charge in [-0.15, -0.1) is 0 Å². The first-order chi connectivity index (χ1) is 16.5. The topological polar surface area (TPSA) is 100 Å². The van der Waals surface area contributed by atoms with Gasteiger partial charge in [-0.05, 0) is 29.1 Å². The Kier molecular flexibility index (Phi) is 7.04. The van der Waals surface area contributed by atoms with E-state index in [1.165, 1.54) is 7.11 Å². The van der Waals surface area contributed by atoms with Crippen LogP contribution in [0.2, 0.25) is 0 Å². The van der Waals surface area contributed by atoms with Crippen molar-refractivity contribution in [2.24, 2.45) is 0 Å². The van der Waals surface area contributed by atoms with Gasteiger partial charge in [-0.3, -0.25) is 9.59 Å². The molecule has 172 valence electrons. The maximum absolute atomic E-state index is 12.7. The SMILES string of the molecule is COc1ccc([C@@H]2CC(=O)NC(SCC(=O)Nc3cccc4ccccc34)=C2C#N)cc1OC. The van der Waals surface area contributed by atoms with E-state index in [0.717, 1.165) is 28.1 Å². The van der Waals surface area contributed by atoms with Crippen molar-refractivity contribution in [3.8, 4) is 17.6 Å². The predicted molar refractivity (Wildman–Crippen MR) is 133 cm³/mol. The van der Waals surface area contributed by atoms with Crippen LogP contribution in [0.1, 0.15) is 17.9 Å². The Morgan fingerprint density at radius 2 is 1.88 bits per heavy atom. The third-order valence-corrected chi connectivity index (χ3v) is 6.59. The molecule has 4 rings (SSSR count). The number of hydrogen-bond donors (Lipinski definition) is 2. The summed E-state index contributed by atoms with van der Waals surface area (Å²) >= 11 is 1.14. The second kappa shape index (κ2) is 10.3. The molecule has 8 heteroatoms. The zero-order valence-electron chi connectivity index (χ0n) is 18.8. The van der Waals surface area contributed by atoms with Crippen molar-refractivity contribution in [1.29, 1.82) is 5.26 Å². The minimum absolute atomic E-state index is 0.0443. The molecule has 0 saturated heterocycles. The summed E-state index contributed by atoms with van der Waals surface area (Å²) in [4.78, 5) is 25.2. The Balaban J connectivity index is 1.54. The Morgan fingerprint density at radius 3 is 2.65 bits per heavy atom. The molecule has 2 amide bonds. The second-order valence-corrected chi connectivity index (χ2v) is 8.62. The summed E-state index contributed by atoms with van der Waals surface area (Å²) in [6.45, 7) is 0. The van der Waals surface area contributed by atoms with Gasteiger partial charge in [0.2, 0.25) is 11.8 Å². The van der Waals surface area contributed by atoms with Gasteiger partial charge in [0.25, 0.3) is 0 Å². The van der Waals surface area contributed by atoms with E-state index in [1.54, 1.807) is 19.2 Å². The van der Waals surface area contributed by atoms with Gasteiger partial charge in [0.1, 0.15) is 0 Å². The molecule has 0 spiro atoms. The summed E-state index contributed by atoms with van der Waals surface area (Å²) in [5.74, 6) is 0.245. The maximum Gasteiger partial charge on any atom is 0.234 e. The monoisotopic (exact) mass is 473 g/mol. The lowest BCUT2D eigenvalue weighted by molar-refractivity contribution is -0.121. The number of thioether (sulfide) groups is 1. The van der Waals surface area contributed by atoms with Gasteiger partial charge >= 0.3 is 0 Å². The number of rotatable bonds is 7. The lowest BCUT2D eigenvalue weighted by Crippen LogP contribution is -2.31. The number of amides is 2. The Bertz CT molecular complexity index is 1320. The van der Waals surface area contributed by atoms with Crippen LogP contribution in [0.15, 0.2) is 71.3 Å². The molecule has 3 aromatic carbocycles. The van der Waals surface area contributed by atoms with E-state index in [1.807, 2.05) is 48.5 Å². The number of fused-ring (bicyclic) bond motifs is 1. The normalized spacial score (nSPS) is 15.4. The molecule has 0 aromatic heterocycles. The summed E-state index contributed by atoms with van der Waals surface area (Å²) in [6.07, 6.45) is 0.130. The van der Waals surface area contributed by atoms with Crippen molar-refractivity contribution >= 4 is 40.0 Å². The summed E-state index contributed by atoms with van der Waals surface area (Å²) in [7, 11) is 3.08. The molecule has 1 aliphatic rings. The summed E-state index contributed by atoms with van der Waals surface area (Å²) < 4.78 is 10.7. The van der Waals surface area contributed by atoms with E-state index in [9.17, 15) is 14.9 Å². The molecule has 0 saturated carbocycles. The highest BCUT2D eigenvalue weighted by atomic mass is 32.2. The number of carbonyl (C=O) groups excluding carboxylic acids is 2. The molecule has 2 N–H and O–H groups in total. The summed E-state index contributed by atoms with van der Waals surface area (Å²) in [5, 5.41) is 18.0. The lowest BCUT2D eigenvalue weighted by Gasteiger charge is -2.25. The first kappa shape index (κ1) is 23.2. The number of nitrogens with one attached hydrogen (secondary N) is 2. The third kappa shape index (κ3) is 4.85. The fraction of sp³-hybridized carbons (Fsp3) is 0.192. The average Bonchev–Trinajstić information content (AvgIpc) is 2.86. The van der Waals surface area contributed by atoms with Crippen LogP contribution in [0.5, 0.6) is 11.5 Å². The number of methoxy groups -OCH3 is 2. The average molecular weight is 474 g/mol. The van der Waals surface area contributed by atoms with E-state index >= 15 is 0 Å². The van der Waals surface area contributed by atoms with Crippen molar-refractivity contribution in [1.82, 2.24) is 5.32 Å². The molecule has 0 fully saturated rings. The fourth-order valence-electron chi connectivity index (χ4n) is 3.95. The van der Waals surface area contributed by atoms with Crippen LogP contribution in [0.25, 0.3) is 10.8 Å². The maximum atomic E-state index is 12.7. The van der Waals surface area contributed by atoms with E-state index in [-0.39, 0.29) is 24.0 Å². The fourth-order valence-corrected chi connectivity index (χ4v) is 4.82. The Morgan fingerprint density at radius 1 is 1.12 bits per heavy atom. The second-order valence-electron chi connectivity index (χ2n) is 7.64. The zero-order valence-corrected chi connectivity index (χ0v) is 19.6. The molecule has 7 nitrogen and oxygen atoms in total. The number of carbonyl (C=O) groups is 2. The summed E-state index contributed by atoms with van der Waals surface area (Å²) in [5.41, 5.74) is 1.89. The minimum Gasteiger partial charge on any atom is -0.493 e. The van der Waals surface area contributed by atoms with Crippen LogP contribution < -0.4 is 20.1 Å². The molecule has 1 aliphatic heterocycles. The van der Waals surface area contributed by atoms with Gasteiger partial charge in [0.05, 0.1) is 36.6 Å². The quantitative estimate of drug-likeness (QED) is 0.522. The highest BCUT2D eigenvalue weighted by molar-refractivity contribution is 8.03. The third-order valence-electron chi connectivity index (χ3n) is 5.58.